The van der Waals surface area contributed by atoms with Gasteiger partial charge in [0, 0.05) is 31.7 Å². The van der Waals surface area contributed by atoms with Crippen LogP contribution in [0.5, 0.6) is 5.88 Å². The van der Waals surface area contributed by atoms with Crippen LogP contribution in [0, 0.1) is 19.3 Å². The molecular weight excluding hydrogens is 592 g/mol. The Morgan fingerprint density at radius 2 is 1.96 bits per heavy atom. The van der Waals surface area contributed by atoms with Gasteiger partial charge >= 0.3 is 5.97 Å². The van der Waals surface area contributed by atoms with E-state index in [4.69, 9.17) is 4.74 Å². The second kappa shape index (κ2) is 12.1. The lowest BCUT2D eigenvalue weighted by molar-refractivity contribution is -0.147. The standard InChI is InChI=1S/C33H40N6O5S/c1-21-8-9-23(19-24(21)20-38-17-6-14-34-16-18-44-31-28(45(38,42)43)7-5-15-35-31)29(33(3,4)32(40)41)26-12-13-27-30(22(26)2)36-37-39(27)25-10-11-25/h5,7-9,12-13,15,19,25,29,34H,6,10-11,14,16-18,20H2,1-4H3,(H,40,41)/t29-/m1/s1. The molecule has 4 aromatic rings. The number of ether oxygens (including phenoxy) is 1. The molecule has 11 nitrogen and oxygen atoms in total. The summed E-state index contributed by atoms with van der Waals surface area (Å²) < 4.78 is 37.3. The second-order valence-corrected chi connectivity index (χ2v) is 14.6. The van der Waals surface area contributed by atoms with Gasteiger partial charge in [-0.2, -0.15) is 4.31 Å². The van der Waals surface area contributed by atoms with E-state index in [1.807, 2.05) is 48.9 Å². The van der Waals surface area contributed by atoms with Gasteiger partial charge in [-0.3, -0.25) is 4.79 Å². The van der Waals surface area contributed by atoms with Crippen LogP contribution in [0.3, 0.4) is 0 Å². The first-order valence-corrected chi connectivity index (χ1v) is 16.9. The smallest absolute Gasteiger partial charge is 0.310 e. The molecule has 1 aliphatic carbocycles. The Morgan fingerprint density at radius 3 is 2.71 bits per heavy atom. The van der Waals surface area contributed by atoms with Gasteiger partial charge in [0.2, 0.25) is 15.9 Å². The molecule has 0 bridgehead atoms. The van der Waals surface area contributed by atoms with Gasteiger partial charge in [0.15, 0.2) is 0 Å². The molecule has 1 aliphatic heterocycles. The summed E-state index contributed by atoms with van der Waals surface area (Å²) >= 11 is 0. The van der Waals surface area contributed by atoms with Crippen LogP contribution in [-0.4, -0.2) is 70.0 Å². The van der Waals surface area contributed by atoms with Crippen LogP contribution in [0.1, 0.15) is 72.9 Å². The third kappa shape index (κ3) is 5.94. The van der Waals surface area contributed by atoms with Crippen molar-refractivity contribution in [2.24, 2.45) is 5.41 Å². The first kappa shape index (κ1) is 31.1. The molecule has 0 spiro atoms. The van der Waals surface area contributed by atoms with Gasteiger partial charge in [-0.1, -0.05) is 29.5 Å². The lowest BCUT2D eigenvalue weighted by Crippen LogP contribution is -2.34. The van der Waals surface area contributed by atoms with E-state index in [0.29, 0.717) is 38.7 Å². The van der Waals surface area contributed by atoms with Gasteiger partial charge in [0.05, 0.1) is 17.0 Å². The number of carboxylic acid groups (broad SMARTS) is 1. The highest BCUT2D eigenvalue weighted by Crippen LogP contribution is 2.45. The molecule has 6 rings (SSSR count). The third-order valence-corrected chi connectivity index (χ3v) is 11.0. The largest absolute Gasteiger partial charge is 0.481 e. The maximum atomic E-state index is 14.1. The summed E-state index contributed by atoms with van der Waals surface area (Å²) in [5.41, 5.74) is 4.80. The Balaban J connectivity index is 1.42. The lowest BCUT2D eigenvalue weighted by Gasteiger charge is -2.33. The van der Waals surface area contributed by atoms with Crippen LogP contribution >= 0.6 is 0 Å². The molecule has 0 amide bonds. The quantitative estimate of drug-likeness (QED) is 0.300. The highest BCUT2D eigenvalue weighted by Gasteiger charge is 2.41. The van der Waals surface area contributed by atoms with Gasteiger partial charge < -0.3 is 15.2 Å². The number of carbonyl (C=O) groups is 1. The highest BCUT2D eigenvalue weighted by atomic mass is 32.2. The monoisotopic (exact) mass is 632 g/mol. The predicted molar refractivity (Wildman–Crippen MR) is 170 cm³/mol. The Labute approximate surface area is 263 Å². The molecular formula is C33H40N6O5S. The molecule has 2 N–H and O–H groups in total. The summed E-state index contributed by atoms with van der Waals surface area (Å²) in [6.45, 7) is 9.34. The number of fused-ring (bicyclic) bond motifs is 2. The van der Waals surface area contributed by atoms with E-state index in [0.717, 1.165) is 51.7 Å². The molecule has 0 saturated heterocycles. The van der Waals surface area contributed by atoms with Crippen LogP contribution in [-0.2, 0) is 21.4 Å². The van der Waals surface area contributed by atoms with Crippen LogP contribution in [0.4, 0.5) is 0 Å². The number of nitrogens with zero attached hydrogens (tertiary/aromatic N) is 5. The van der Waals surface area contributed by atoms with Crippen molar-refractivity contribution in [3.63, 3.8) is 0 Å². The summed E-state index contributed by atoms with van der Waals surface area (Å²) in [5.74, 6) is -1.38. The number of hydrogen-bond acceptors (Lipinski definition) is 8. The van der Waals surface area contributed by atoms with Crippen molar-refractivity contribution in [3.05, 3.63) is 76.5 Å². The number of aryl methyl sites for hydroxylation is 2. The maximum Gasteiger partial charge on any atom is 0.310 e. The molecule has 238 valence electrons. The minimum absolute atomic E-state index is 0.0359. The SMILES string of the molecule is Cc1ccc([C@H](c2ccc3c(nnn3C3CC3)c2C)C(C)(C)C(=O)O)cc1CN1CCCNCCOc2ncccc2S1(=O)=O. The van der Waals surface area contributed by atoms with Crippen molar-refractivity contribution >= 4 is 27.0 Å². The Hall–Kier alpha value is -3.87. The van der Waals surface area contributed by atoms with Gasteiger partial charge in [-0.15, -0.1) is 5.10 Å². The highest BCUT2D eigenvalue weighted by molar-refractivity contribution is 7.89. The first-order valence-electron chi connectivity index (χ1n) is 15.5. The molecule has 2 aromatic heterocycles. The number of carboxylic acids is 1. The van der Waals surface area contributed by atoms with Crippen LogP contribution in [0.15, 0.2) is 53.6 Å². The van der Waals surface area contributed by atoms with Crippen molar-refractivity contribution < 1.29 is 23.1 Å². The molecule has 1 saturated carbocycles. The Bertz CT molecular complexity index is 1850. The molecule has 2 aliphatic rings. The minimum atomic E-state index is -3.96. The summed E-state index contributed by atoms with van der Waals surface area (Å²) in [7, 11) is -3.96. The van der Waals surface area contributed by atoms with E-state index in [1.54, 1.807) is 19.9 Å². The predicted octanol–water partition coefficient (Wildman–Crippen LogP) is 4.58. The van der Waals surface area contributed by atoms with Crippen molar-refractivity contribution in [2.75, 3.05) is 26.2 Å². The van der Waals surface area contributed by atoms with Crippen molar-refractivity contribution in [1.82, 2.24) is 29.6 Å². The van der Waals surface area contributed by atoms with Crippen LogP contribution in [0.25, 0.3) is 11.0 Å². The maximum absolute atomic E-state index is 14.1. The summed E-state index contributed by atoms with van der Waals surface area (Å²) in [6.07, 6.45) is 4.30. The second-order valence-electron chi connectivity index (χ2n) is 12.7. The van der Waals surface area contributed by atoms with Crippen molar-refractivity contribution in [3.8, 4) is 5.88 Å². The Morgan fingerprint density at radius 1 is 1.16 bits per heavy atom. The molecule has 3 heterocycles. The number of aromatic nitrogens is 4. The summed E-state index contributed by atoms with van der Waals surface area (Å²) in [4.78, 5) is 17.0. The van der Waals surface area contributed by atoms with E-state index in [-0.39, 0.29) is 17.3 Å². The van der Waals surface area contributed by atoms with Gasteiger partial charge in [-0.05, 0) is 99.5 Å². The number of sulfonamides is 1. The van der Waals surface area contributed by atoms with E-state index >= 15 is 0 Å². The molecule has 12 heteroatoms. The number of nitrogens with one attached hydrogen (secondary N) is 1. The fourth-order valence-corrected chi connectivity index (χ4v) is 7.76. The van der Waals surface area contributed by atoms with Gasteiger partial charge in [-0.25, -0.2) is 18.1 Å². The minimum Gasteiger partial charge on any atom is -0.481 e. The fourth-order valence-electron chi connectivity index (χ4n) is 6.22. The first-order chi connectivity index (χ1) is 21.5. The average molecular weight is 633 g/mol. The number of hydrogen-bond donors (Lipinski definition) is 2. The van der Waals surface area contributed by atoms with Gasteiger partial charge in [0.1, 0.15) is 17.0 Å². The average Bonchev–Trinajstić information content (AvgIpc) is 3.76. The number of aliphatic carboxylic acids is 1. The zero-order chi connectivity index (χ0) is 31.9. The zero-order valence-corrected chi connectivity index (χ0v) is 27.0. The third-order valence-electron chi connectivity index (χ3n) is 9.10. The normalized spacial score (nSPS) is 18.5. The molecule has 1 atom stereocenters. The molecule has 0 unspecified atom stereocenters. The summed E-state index contributed by atoms with van der Waals surface area (Å²) in [5, 5.41) is 22.7. The Kier molecular flexibility index (Phi) is 8.40. The van der Waals surface area contributed by atoms with Crippen LogP contribution < -0.4 is 10.1 Å². The number of pyridine rings is 1. The van der Waals surface area contributed by atoms with Gasteiger partial charge in [0.25, 0.3) is 0 Å². The van der Waals surface area contributed by atoms with E-state index in [2.05, 4.69) is 20.6 Å². The van der Waals surface area contributed by atoms with Crippen molar-refractivity contribution in [1.29, 1.82) is 0 Å². The van der Waals surface area contributed by atoms with E-state index in [1.165, 1.54) is 16.6 Å². The summed E-state index contributed by atoms with van der Waals surface area (Å²) in [6, 6.07) is 13.4. The van der Waals surface area contributed by atoms with Crippen molar-refractivity contribution in [2.45, 2.75) is 70.4 Å². The molecule has 1 fully saturated rings. The molecule has 0 radical (unpaired) electrons. The molecule has 2 aromatic carbocycles. The molecule has 45 heavy (non-hydrogen) atoms. The fraction of sp³-hybridized carbons (Fsp3) is 0.455. The lowest BCUT2D eigenvalue weighted by atomic mass is 9.69. The van der Waals surface area contributed by atoms with Crippen LogP contribution in [0.2, 0.25) is 0 Å². The van der Waals surface area contributed by atoms with E-state index < -0.39 is 27.3 Å². The van der Waals surface area contributed by atoms with E-state index in [9.17, 15) is 18.3 Å². The topological polar surface area (TPSA) is 140 Å². The number of rotatable bonds is 7. The zero-order valence-electron chi connectivity index (χ0n) is 26.2. The number of benzene rings is 2.